The molecule has 1 aromatic carbocycles. The van der Waals surface area contributed by atoms with Crippen LogP contribution in [0.25, 0.3) is 10.9 Å². The lowest BCUT2D eigenvalue weighted by atomic mass is 10.0. The zero-order valence-electron chi connectivity index (χ0n) is 24.1. The van der Waals surface area contributed by atoms with Crippen molar-refractivity contribution in [3.8, 4) is 0 Å². The number of carbonyl (C=O) groups is 1. The van der Waals surface area contributed by atoms with Crippen LogP contribution in [0.3, 0.4) is 0 Å². The summed E-state index contributed by atoms with van der Waals surface area (Å²) in [5, 5.41) is 8.01. The smallest absolute Gasteiger partial charge is 0.285 e. The second-order valence-corrected chi connectivity index (χ2v) is 13.5. The highest BCUT2D eigenvalue weighted by molar-refractivity contribution is 7.89. The second kappa shape index (κ2) is 10.3. The predicted octanol–water partition coefficient (Wildman–Crippen LogP) is 3.10. The van der Waals surface area contributed by atoms with Gasteiger partial charge in [0.15, 0.2) is 11.5 Å². The Labute approximate surface area is 251 Å². The van der Waals surface area contributed by atoms with E-state index in [0.29, 0.717) is 41.2 Å². The minimum atomic E-state index is -3.84. The number of piperidine rings is 1. The highest BCUT2D eigenvalue weighted by Gasteiger charge is 2.58. The van der Waals surface area contributed by atoms with Gasteiger partial charge < -0.3 is 10.2 Å². The van der Waals surface area contributed by atoms with Gasteiger partial charge >= 0.3 is 0 Å². The number of aryl methyl sites for hydroxylation is 2. The van der Waals surface area contributed by atoms with Crippen LogP contribution in [0.2, 0.25) is 5.15 Å². The molecule has 1 unspecified atom stereocenters. The van der Waals surface area contributed by atoms with E-state index < -0.39 is 22.0 Å². The number of aromatic nitrogens is 5. The number of benzene rings is 1. The lowest BCUT2D eigenvalue weighted by Gasteiger charge is -2.25. The van der Waals surface area contributed by atoms with E-state index in [2.05, 4.69) is 20.3 Å². The molecule has 226 valence electrons. The van der Waals surface area contributed by atoms with Gasteiger partial charge in [-0.2, -0.15) is 5.10 Å². The number of halogens is 2. The first-order chi connectivity index (χ1) is 20.2. The van der Waals surface area contributed by atoms with Crippen LogP contribution in [0.15, 0.2) is 35.3 Å². The van der Waals surface area contributed by atoms with Crippen molar-refractivity contribution >= 4 is 50.1 Å². The fraction of sp³-hybridized carbons (Fsp3) is 0.393. The van der Waals surface area contributed by atoms with Crippen LogP contribution in [0.1, 0.15) is 46.3 Å². The number of amides is 1. The molecule has 2 N–H and O–H groups in total. The van der Waals surface area contributed by atoms with Crippen LogP contribution in [-0.2, 0) is 17.1 Å². The van der Waals surface area contributed by atoms with Crippen LogP contribution >= 0.6 is 11.6 Å². The van der Waals surface area contributed by atoms with Crippen molar-refractivity contribution in [2.45, 2.75) is 32.9 Å². The van der Waals surface area contributed by atoms with Crippen LogP contribution in [0.5, 0.6) is 0 Å². The van der Waals surface area contributed by atoms with E-state index in [1.807, 2.05) is 24.6 Å². The molecule has 1 saturated heterocycles. The summed E-state index contributed by atoms with van der Waals surface area (Å²) in [6.07, 6.45) is 2.32. The molecule has 0 bridgehead atoms. The van der Waals surface area contributed by atoms with Gasteiger partial charge in [-0.25, -0.2) is 27.5 Å². The number of carbonyl (C=O) groups excluding carboxylic acids is 1. The van der Waals surface area contributed by atoms with Gasteiger partial charge in [0.05, 0.1) is 46.8 Å². The summed E-state index contributed by atoms with van der Waals surface area (Å²) < 4.78 is 42.5. The number of hydrogen-bond donors (Lipinski definition) is 2. The summed E-state index contributed by atoms with van der Waals surface area (Å²) in [5.74, 6) is -0.160. The maximum Gasteiger partial charge on any atom is 0.285 e. The van der Waals surface area contributed by atoms with E-state index in [1.165, 1.54) is 12.3 Å². The SMILES string of the molecule is Cc1cc([C@@H](C)Nc2ccc(Cl)nc2C(=O)NS(C)(=O)=O)c2nc(N3C[C@@H]4C(n5cc(F)c(C)n5)[C@@H]4C3)n(C)c(=O)c2c1. The standard InChI is InChI=1S/C28H30ClFN8O4S/c1-13-8-16(14(2)31-21-6-7-22(29)32-24(21)26(39)35-43(5,41)42)23-17(9-13)27(40)36(4)28(33-23)37-10-18-19(11-37)25(18)38-12-20(30)15(3)34-38/h6-9,12,14,18-19,25,31H,10-11H2,1-5H3,(H,35,39)/t14-,18-,19+,25?/m1/s1. The van der Waals surface area contributed by atoms with Gasteiger partial charge in [-0.1, -0.05) is 17.7 Å². The molecule has 15 heteroatoms. The second-order valence-electron chi connectivity index (χ2n) is 11.4. The molecular formula is C28H30ClFN8O4S. The molecule has 2 fully saturated rings. The molecule has 1 aliphatic heterocycles. The molecule has 12 nitrogen and oxygen atoms in total. The number of sulfonamides is 1. The fourth-order valence-electron chi connectivity index (χ4n) is 6.07. The number of fused-ring (bicyclic) bond motifs is 2. The van der Waals surface area contributed by atoms with E-state index in [0.717, 1.165) is 11.8 Å². The summed E-state index contributed by atoms with van der Waals surface area (Å²) in [6.45, 7) is 6.69. The summed E-state index contributed by atoms with van der Waals surface area (Å²) in [7, 11) is -2.14. The van der Waals surface area contributed by atoms with Crippen molar-refractivity contribution < 1.29 is 17.6 Å². The zero-order chi connectivity index (χ0) is 31.0. The quantitative estimate of drug-likeness (QED) is 0.295. The third-order valence-electron chi connectivity index (χ3n) is 8.12. The number of nitrogens with one attached hydrogen (secondary N) is 2. The Morgan fingerprint density at radius 1 is 1.16 bits per heavy atom. The Balaban J connectivity index is 1.32. The van der Waals surface area contributed by atoms with Crippen molar-refractivity contribution in [1.82, 2.24) is 29.0 Å². The Morgan fingerprint density at radius 2 is 1.86 bits per heavy atom. The minimum Gasteiger partial charge on any atom is -0.377 e. The maximum atomic E-state index is 13.9. The van der Waals surface area contributed by atoms with Gasteiger partial charge in [-0.3, -0.25) is 18.8 Å². The van der Waals surface area contributed by atoms with Crippen molar-refractivity contribution in [1.29, 1.82) is 0 Å². The van der Waals surface area contributed by atoms with Gasteiger partial charge in [0, 0.05) is 37.5 Å². The predicted molar refractivity (Wildman–Crippen MR) is 160 cm³/mol. The zero-order valence-corrected chi connectivity index (χ0v) is 25.7. The van der Waals surface area contributed by atoms with Gasteiger partial charge in [-0.05, 0) is 44.5 Å². The Hall–Kier alpha value is -4.04. The molecular weight excluding hydrogens is 599 g/mol. The highest BCUT2D eigenvalue weighted by atomic mass is 35.5. The third kappa shape index (κ3) is 5.33. The monoisotopic (exact) mass is 628 g/mol. The summed E-state index contributed by atoms with van der Waals surface area (Å²) >= 11 is 6.02. The first kappa shape index (κ1) is 29.1. The van der Waals surface area contributed by atoms with Crippen molar-refractivity contribution in [2.24, 2.45) is 18.9 Å². The average Bonchev–Trinajstić information content (AvgIpc) is 3.22. The van der Waals surface area contributed by atoms with Crippen LogP contribution in [0.4, 0.5) is 16.0 Å². The number of rotatable bonds is 7. The van der Waals surface area contributed by atoms with Gasteiger partial charge in [0.2, 0.25) is 16.0 Å². The van der Waals surface area contributed by atoms with Crippen molar-refractivity contribution in [3.63, 3.8) is 0 Å². The van der Waals surface area contributed by atoms with E-state index in [4.69, 9.17) is 16.6 Å². The third-order valence-corrected chi connectivity index (χ3v) is 8.88. The lowest BCUT2D eigenvalue weighted by Crippen LogP contribution is -2.33. The molecule has 4 aromatic rings. The van der Waals surface area contributed by atoms with Crippen molar-refractivity contribution in [3.05, 3.63) is 74.3 Å². The molecule has 1 saturated carbocycles. The Morgan fingerprint density at radius 3 is 2.49 bits per heavy atom. The summed E-state index contributed by atoms with van der Waals surface area (Å²) in [6, 6.07) is 6.39. The first-order valence-corrected chi connectivity index (χ1v) is 15.9. The van der Waals surface area contributed by atoms with Crippen LogP contribution < -0.4 is 20.5 Å². The van der Waals surface area contributed by atoms with E-state index >= 15 is 0 Å². The molecule has 1 amide bonds. The molecule has 3 aromatic heterocycles. The molecule has 0 spiro atoms. The van der Waals surface area contributed by atoms with Gasteiger partial charge in [0.25, 0.3) is 11.5 Å². The number of anilines is 2. The Kier molecular flexibility index (Phi) is 6.96. The molecule has 4 heterocycles. The number of nitrogens with zero attached hydrogens (tertiary/aromatic N) is 6. The fourth-order valence-corrected chi connectivity index (χ4v) is 6.65. The van der Waals surface area contributed by atoms with Gasteiger partial charge in [0.1, 0.15) is 5.15 Å². The number of hydrogen-bond acceptors (Lipinski definition) is 9. The molecule has 4 atom stereocenters. The van der Waals surface area contributed by atoms with Gasteiger partial charge in [-0.15, -0.1) is 0 Å². The largest absolute Gasteiger partial charge is 0.377 e. The summed E-state index contributed by atoms with van der Waals surface area (Å²) in [5.41, 5.74) is 2.32. The topological polar surface area (TPSA) is 144 Å². The first-order valence-electron chi connectivity index (χ1n) is 13.6. The minimum absolute atomic E-state index is 0.0198. The molecule has 1 aliphatic carbocycles. The van der Waals surface area contributed by atoms with Crippen molar-refractivity contribution in [2.75, 3.05) is 29.6 Å². The lowest BCUT2D eigenvalue weighted by molar-refractivity contribution is 0.0977. The van der Waals surface area contributed by atoms with E-state index in [9.17, 15) is 22.4 Å². The van der Waals surface area contributed by atoms with E-state index in [-0.39, 0.29) is 45.8 Å². The van der Waals surface area contributed by atoms with Crippen LogP contribution in [0, 0.1) is 31.5 Å². The summed E-state index contributed by atoms with van der Waals surface area (Å²) in [4.78, 5) is 37.4. The normalized spacial score (nSPS) is 20.3. The molecule has 2 aliphatic rings. The number of pyridine rings is 1. The Bertz CT molecular complexity index is 1950. The van der Waals surface area contributed by atoms with Crippen LogP contribution in [-0.4, -0.2) is 58.0 Å². The molecule has 43 heavy (non-hydrogen) atoms. The maximum absolute atomic E-state index is 13.9. The highest BCUT2D eigenvalue weighted by Crippen LogP contribution is 2.55. The average molecular weight is 629 g/mol. The van der Waals surface area contributed by atoms with E-state index in [1.54, 1.807) is 35.4 Å². The molecule has 6 rings (SSSR count). The molecule has 0 radical (unpaired) electrons.